The molecule has 29 heavy (non-hydrogen) atoms. The molecule has 3 rings (SSSR count). The number of benzene rings is 1. The molecule has 0 saturated carbocycles. The molecule has 2 heterocycles. The van der Waals surface area contributed by atoms with Crippen LogP contribution in [0.4, 0.5) is 5.69 Å². The van der Waals surface area contributed by atoms with Gasteiger partial charge >= 0.3 is 0 Å². The lowest BCUT2D eigenvalue weighted by Crippen LogP contribution is -2.52. The van der Waals surface area contributed by atoms with Crippen LogP contribution in [-0.2, 0) is 9.59 Å². The normalized spacial score (nSPS) is 23.8. The maximum Gasteiger partial charge on any atom is 0.238 e. The van der Waals surface area contributed by atoms with E-state index in [1.807, 2.05) is 30.0 Å². The summed E-state index contributed by atoms with van der Waals surface area (Å²) >= 11 is 3.50. The van der Waals surface area contributed by atoms with Gasteiger partial charge in [0.1, 0.15) is 0 Å². The highest BCUT2D eigenvalue weighted by atomic mass is 79.9. The summed E-state index contributed by atoms with van der Waals surface area (Å²) < 4.78 is 0.992. The minimum Gasteiger partial charge on any atom is -0.341 e. The van der Waals surface area contributed by atoms with Gasteiger partial charge in [-0.25, -0.2) is 0 Å². The maximum absolute atomic E-state index is 12.7. The monoisotopic (exact) mass is 464 g/mol. The quantitative estimate of drug-likeness (QED) is 0.727. The first-order chi connectivity index (χ1) is 13.8. The van der Waals surface area contributed by atoms with Gasteiger partial charge in [0.15, 0.2) is 0 Å². The van der Waals surface area contributed by atoms with Crippen LogP contribution in [0.5, 0.6) is 0 Å². The number of aryl methyl sites for hydroxylation is 1. The van der Waals surface area contributed by atoms with Crippen molar-refractivity contribution >= 4 is 33.4 Å². The minimum absolute atomic E-state index is 0.00145. The van der Waals surface area contributed by atoms with E-state index in [4.69, 9.17) is 0 Å². The summed E-state index contributed by atoms with van der Waals surface area (Å²) in [6.07, 6.45) is 1.21. The molecule has 160 valence electrons. The first kappa shape index (κ1) is 22.2. The zero-order chi connectivity index (χ0) is 21.0. The number of nitrogens with zero attached hydrogens (tertiary/aromatic N) is 3. The summed E-state index contributed by atoms with van der Waals surface area (Å²) in [5.74, 6) is 1.43. The van der Waals surface area contributed by atoms with Gasteiger partial charge in [0.2, 0.25) is 11.8 Å². The highest BCUT2D eigenvalue weighted by Crippen LogP contribution is 2.22. The lowest BCUT2D eigenvalue weighted by Gasteiger charge is -2.38. The molecule has 1 aromatic carbocycles. The molecule has 0 unspecified atom stereocenters. The molecule has 2 amide bonds. The highest BCUT2D eigenvalue weighted by Gasteiger charge is 2.27. The summed E-state index contributed by atoms with van der Waals surface area (Å²) in [4.78, 5) is 31.5. The van der Waals surface area contributed by atoms with Gasteiger partial charge in [-0.2, -0.15) is 0 Å². The van der Waals surface area contributed by atoms with Crippen LogP contribution in [0, 0.1) is 18.8 Å². The number of carbonyl (C=O) groups excluding carboxylic acids is 2. The highest BCUT2D eigenvalue weighted by molar-refractivity contribution is 9.10. The number of halogens is 1. The van der Waals surface area contributed by atoms with Crippen molar-refractivity contribution < 1.29 is 9.59 Å². The van der Waals surface area contributed by atoms with Crippen LogP contribution in [-0.4, -0.2) is 78.9 Å². The van der Waals surface area contributed by atoms with Crippen LogP contribution < -0.4 is 5.32 Å². The Hall–Kier alpha value is -1.44. The number of piperidine rings is 1. The van der Waals surface area contributed by atoms with E-state index in [9.17, 15) is 9.59 Å². The van der Waals surface area contributed by atoms with Crippen molar-refractivity contribution in [1.82, 2.24) is 14.7 Å². The zero-order valence-corrected chi connectivity index (χ0v) is 19.4. The van der Waals surface area contributed by atoms with E-state index in [1.165, 1.54) is 6.42 Å². The van der Waals surface area contributed by atoms with Crippen LogP contribution in [0.25, 0.3) is 0 Å². The van der Waals surface area contributed by atoms with E-state index in [-0.39, 0.29) is 11.8 Å². The molecule has 2 aliphatic heterocycles. The van der Waals surface area contributed by atoms with Gasteiger partial charge in [0.25, 0.3) is 0 Å². The molecular formula is C22H33BrN4O2. The third-order valence-electron chi connectivity index (χ3n) is 5.87. The molecule has 0 radical (unpaired) electrons. The largest absolute Gasteiger partial charge is 0.341 e. The van der Waals surface area contributed by atoms with Gasteiger partial charge in [-0.1, -0.05) is 35.8 Å². The Morgan fingerprint density at radius 3 is 2.21 bits per heavy atom. The second-order valence-corrected chi connectivity index (χ2v) is 9.66. The number of amides is 2. The molecule has 0 aliphatic carbocycles. The molecule has 1 N–H and O–H groups in total. The van der Waals surface area contributed by atoms with Crippen LogP contribution in [0.15, 0.2) is 22.7 Å². The lowest BCUT2D eigenvalue weighted by molar-refractivity contribution is -0.135. The van der Waals surface area contributed by atoms with Crippen LogP contribution in [0.3, 0.4) is 0 Å². The molecule has 0 bridgehead atoms. The predicted molar refractivity (Wildman–Crippen MR) is 120 cm³/mol. The number of carbonyl (C=O) groups is 2. The Morgan fingerprint density at radius 1 is 1.03 bits per heavy atom. The zero-order valence-electron chi connectivity index (χ0n) is 17.8. The van der Waals surface area contributed by atoms with E-state index in [1.54, 1.807) is 0 Å². The summed E-state index contributed by atoms with van der Waals surface area (Å²) in [5.41, 5.74) is 1.95. The van der Waals surface area contributed by atoms with Crippen LogP contribution in [0.2, 0.25) is 0 Å². The van der Waals surface area contributed by atoms with E-state index in [0.717, 1.165) is 55.0 Å². The second kappa shape index (κ2) is 10.0. The van der Waals surface area contributed by atoms with Gasteiger partial charge in [-0.05, 0) is 42.9 Å². The maximum atomic E-state index is 12.7. The smallest absolute Gasteiger partial charge is 0.238 e. The third-order valence-corrected chi connectivity index (χ3v) is 6.72. The van der Waals surface area contributed by atoms with E-state index in [0.29, 0.717) is 24.9 Å². The third kappa shape index (κ3) is 6.52. The average Bonchev–Trinajstić information content (AvgIpc) is 2.65. The Kier molecular flexibility index (Phi) is 7.71. The van der Waals surface area contributed by atoms with Crippen LogP contribution >= 0.6 is 15.9 Å². The number of hydrogen-bond donors (Lipinski definition) is 1. The topological polar surface area (TPSA) is 55.9 Å². The lowest BCUT2D eigenvalue weighted by atomic mass is 9.92. The fraction of sp³-hybridized carbons (Fsp3) is 0.636. The van der Waals surface area contributed by atoms with Crippen molar-refractivity contribution in [3.05, 3.63) is 28.2 Å². The number of hydrogen-bond acceptors (Lipinski definition) is 4. The molecule has 1 aromatic rings. The van der Waals surface area contributed by atoms with Crippen molar-refractivity contribution in [2.75, 3.05) is 57.7 Å². The van der Waals surface area contributed by atoms with Gasteiger partial charge in [-0.15, -0.1) is 0 Å². The van der Waals surface area contributed by atoms with Crippen molar-refractivity contribution in [3.63, 3.8) is 0 Å². The van der Waals surface area contributed by atoms with Crippen molar-refractivity contribution in [1.29, 1.82) is 0 Å². The summed E-state index contributed by atoms with van der Waals surface area (Å²) in [6.45, 7) is 12.4. The molecule has 2 fully saturated rings. The number of piperazine rings is 1. The Morgan fingerprint density at radius 2 is 1.62 bits per heavy atom. The van der Waals surface area contributed by atoms with E-state index in [2.05, 4.69) is 44.9 Å². The molecule has 2 saturated heterocycles. The molecule has 2 aliphatic rings. The summed E-state index contributed by atoms with van der Waals surface area (Å²) in [5, 5.41) is 2.97. The van der Waals surface area contributed by atoms with Crippen molar-refractivity contribution in [2.45, 2.75) is 27.2 Å². The Bertz CT molecular complexity index is 724. The standard InChI is InChI=1S/C22H33BrN4O2/c1-16-10-17(2)13-27(12-16)22(29)15-26-8-6-25(7-9-26)14-21(28)24-19-5-4-18(3)20(23)11-19/h4-5,11,16-17H,6-10,12-15H2,1-3H3,(H,24,28)/t16-,17+. The number of anilines is 1. The van der Waals surface area contributed by atoms with Crippen molar-refractivity contribution in [2.24, 2.45) is 11.8 Å². The first-order valence-corrected chi connectivity index (χ1v) is 11.4. The SMILES string of the molecule is Cc1ccc(NC(=O)CN2CCN(CC(=O)N3C[C@H](C)C[C@H](C)C3)CC2)cc1Br. The Balaban J connectivity index is 1.40. The van der Waals surface area contributed by atoms with Crippen molar-refractivity contribution in [3.8, 4) is 0 Å². The molecule has 7 heteroatoms. The van der Waals surface area contributed by atoms with Gasteiger partial charge < -0.3 is 10.2 Å². The number of likely N-dealkylation sites (tertiary alicyclic amines) is 1. The number of rotatable bonds is 5. The molecule has 0 spiro atoms. The summed E-state index contributed by atoms with van der Waals surface area (Å²) in [7, 11) is 0. The Labute approximate surface area is 182 Å². The predicted octanol–water partition coefficient (Wildman–Crippen LogP) is 2.82. The van der Waals surface area contributed by atoms with Gasteiger partial charge in [0, 0.05) is 49.4 Å². The molecule has 2 atom stereocenters. The van der Waals surface area contributed by atoms with Crippen LogP contribution in [0.1, 0.15) is 25.8 Å². The second-order valence-electron chi connectivity index (χ2n) is 8.81. The van der Waals surface area contributed by atoms with E-state index < -0.39 is 0 Å². The fourth-order valence-corrected chi connectivity index (χ4v) is 4.72. The fourth-order valence-electron chi connectivity index (χ4n) is 4.34. The molecule has 6 nitrogen and oxygen atoms in total. The summed E-state index contributed by atoms with van der Waals surface area (Å²) in [6, 6.07) is 5.84. The van der Waals surface area contributed by atoms with E-state index >= 15 is 0 Å². The number of nitrogens with one attached hydrogen (secondary N) is 1. The molecule has 0 aromatic heterocycles. The minimum atomic E-state index is 0.00145. The first-order valence-electron chi connectivity index (χ1n) is 10.6. The van der Waals surface area contributed by atoms with Gasteiger partial charge in [-0.3, -0.25) is 19.4 Å². The van der Waals surface area contributed by atoms with Gasteiger partial charge in [0.05, 0.1) is 13.1 Å². The molecular weight excluding hydrogens is 432 g/mol. The average molecular weight is 465 g/mol.